The van der Waals surface area contributed by atoms with E-state index in [-0.39, 0.29) is 23.7 Å². The van der Waals surface area contributed by atoms with Gasteiger partial charge >= 0.3 is 0 Å². The highest BCUT2D eigenvalue weighted by atomic mass is 19.1. The summed E-state index contributed by atoms with van der Waals surface area (Å²) in [5, 5.41) is 3.17. The number of amides is 1. The number of hydrogen-bond acceptors (Lipinski definition) is 2. The Bertz CT molecular complexity index is 492. The van der Waals surface area contributed by atoms with Gasteiger partial charge in [-0.3, -0.25) is 4.79 Å². The van der Waals surface area contributed by atoms with Crippen molar-refractivity contribution in [3.8, 4) is 0 Å². The summed E-state index contributed by atoms with van der Waals surface area (Å²) in [5.41, 5.74) is 6.75. The van der Waals surface area contributed by atoms with Crippen LogP contribution in [0.3, 0.4) is 0 Å². The maximum atomic E-state index is 13.2. The van der Waals surface area contributed by atoms with Crippen molar-refractivity contribution in [2.24, 2.45) is 17.6 Å². The molecule has 0 heterocycles. The minimum absolute atomic E-state index is 0.0661. The van der Waals surface area contributed by atoms with Crippen molar-refractivity contribution in [3.05, 3.63) is 35.6 Å². The molecular weight excluding hydrogens is 279 g/mol. The zero-order chi connectivity index (χ0) is 15.9. The fourth-order valence-electron chi connectivity index (χ4n) is 3.21. The third kappa shape index (κ3) is 4.80. The second-order valence-corrected chi connectivity index (χ2v) is 6.46. The van der Waals surface area contributed by atoms with E-state index in [4.69, 9.17) is 5.73 Å². The van der Waals surface area contributed by atoms with Crippen molar-refractivity contribution in [2.45, 2.75) is 51.5 Å². The number of halogens is 1. The van der Waals surface area contributed by atoms with Gasteiger partial charge in [-0.15, -0.1) is 0 Å². The SMILES string of the molecule is CC(CCc1cccc(F)c1)C(=O)NC1CCCCC1CN. The first-order valence-electron chi connectivity index (χ1n) is 8.35. The van der Waals surface area contributed by atoms with Crippen molar-refractivity contribution < 1.29 is 9.18 Å². The van der Waals surface area contributed by atoms with E-state index in [9.17, 15) is 9.18 Å². The molecule has 22 heavy (non-hydrogen) atoms. The number of aryl methyl sites for hydroxylation is 1. The van der Waals surface area contributed by atoms with E-state index in [1.54, 1.807) is 6.07 Å². The molecule has 4 heteroatoms. The number of carbonyl (C=O) groups excluding carboxylic acids is 1. The second kappa shape index (κ2) is 8.28. The first-order chi connectivity index (χ1) is 10.6. The minimum atomic E-state index is -0.220. The summed E-state index contributed by atoms with van der Waals surface area (Å²) < 4.78 is 13.2. The minimum Gasteiger partial charge on any atom is -0.353 e. The van der Waals surface area contributed by atoms with Crippen LogP contribution < -0.4 is 11.1 Å². The fraction of sp³-hybridized carbons (Fsp3) is 0.611. The molecule has 1 aliphatic carbocycles. The summed E-state index contributed by atoms with van der Waals surface area (Å²) in [6, 6.07) is 6.82. The molecular formula is C18H27FN2O. The third-order valence-electron chi connectivity index (χ3n) is 4.74. The van der Waals surface area contributed by atoms with Gasteiger partial charge in [0.15, 0.2) is 0 Å². The highest BCUT2D eigenvalue weighted by Gasteiger charge is 2.26. The highest BCUT2D eigenvalue weighted by Crippen LogP contribution is 2.24. The molecule has 122 valence electrons. The van der Waals surface area contributed by atoms with Gasteiger partial charge in [-0.1, -0.05) is 31.9 Å². The largest absolute Gasteiger partial charge is 0.353 e. The van der Waals surface area contributed by atoms with Crippen LogP contribution in [0.2, 0.25) is 0 Å². The maximum Gasteiger partial charge on any atom is 0.223 e. The summed E-state index contributed by atoms with van der Waals surface area (Å²) in [4.78, 5) is 12.3. The lowest BCUT2D eigenvalue weighted by Crippen LogP contribution is -2.46. The molecule has 0 aromatic heterocycles. The van der Waals surface area contributed by atoms with Gasteiger partial charge in [0.25, 0.3) is 0 Å². The first-order valence-corrected chi connectivity index (χ1v) is 8.35. The van der Waals surface area contributed by atoms with Crippen LogP contribution in [0, 0.1) is 17.7 Å². The van der Waals surface area contributed by atoms with Crippen LogP contribution in [0.25, 0.3) is 0 Å². The molecule has 3 nitrogen and oxygen atoms in total. The summed E-state index contributed by atoms with van der Waals surface area (Å²) in [5.74, 6) is 0.223. The van der Waals surface area contributed by atoms with E-state index in [1.807, 2.05) is 13.0 Å². The van der Waals surface area contributed by atoms with E-state index in [0.29, 0.717) is 12.5 Å². The molecule has 0 aliphatic heterocycles. The Morgan fingerprint density at radius 1 is 1.41 bits per heavy atom. The maximum absolute atomic E-state index is 13.2. The zero-order valence-electron chi connectivity index (χ0n) is 13.4. The van der Waals surface area contributed by atoms with Crippen LogP contribution in [-0.4, -0.2) is 18.5 Å². The summed E-state index contributed by atoms with van der Waals surface area (Å²) in [6.07, 6.45) is 5.97. The Hall–Kier alpha value is -1.42. The van der Waals surface area contributed by atoms with Crippen molar-refractivity contribution in [2.75, 3.05) is 6.54 Å². The van der Waals surface area contributed by atoms with E-state index < -0.39 is 0 Å². The average molecular weight is 306 g/mol. The number of nitrogens with two attached hydrogens (primary N) is 1. The molecule has 1 aliphatic rings. The molecule has 0 radical (unpaired) electrons. The van der Waals surface area contributed by atoms with Gasteiger partial charge in [0.1, 0.15) is 5.82 Å². The molecule has 3 N–H and O–H groups in total. The zero-order valence-corrected chi connectivity index (χ0v) is 13.4. The standard InChI is InChI=1S/C18H27FN2O/c1-13(9-10-14-5-4-7-16(19)11-14)18(22)21-17-8-3-2-6-15(17)12-20/h4-5,7,11,13,15,17H,2-3,6,8-10,12,20H2,1H3,(H,21,22). The quantitative estimate of drug-likeness (QED) is 0.849. The number of benzene rings is 1. The number of hydrogen-bond donors (Lipinski definition) is 2. The second-order valence-electron chi connectivity index (χ2n) is 6.46. The monoisotopic (exact) mass is 306 g/mol. The fourth-order valence-corrected chi connectivity index (χ4v) is 3.21. The third-order valence-corrected chi connectivity index (χ3v) is 4.74. The average Bonchev–Trinajstić information content (AvgIpc) is 2.53. The van der Waals surface area contributed by atoms with Crippen LogP contribution in [0.1, 0.15) is 44.6 Å². The molecule has 1 aromatic rings. The van der Waals surface area contributed by atoms with E-state index in [1.165, 1.54) is 25.0 Å². The predicted octanol–water partition coefficient (Wildman–Crippen LogP) is 3.03. The molecule has 1 amide bonds. The highest BCUT2D eigenvalue weighted by molar-refractivity contribution is 5.78. The Morgan fingerprint density at radius 2 is 2.18 bits per heavy atom. The molecule has 3 unspecified atom stereocenters. The smallest absolute Gasteiger partial charge is 0.223 e. The van der Waals surface area contributed by atoms with Gasteiger partial charge in [-0.25, -0.2) is 4.39 Å². The summed E-state index contributed by atoms with van der Waals surface area (Å²) in [6.45, 7) is 2.58. The summed E-state index contributed by atoms with van der Waals surface area (Å²) >= 11 is 0. The molecule has 3 atom stereocenters. The van der Waals surface area contributed by atoms with E-state index >= 15 is 0 Å². The number of nitrogens with one attached hydrogen (secondary N) is 1. The molecule has 1 saturated carbocycles. The molecule has 0 bridgehead atoms. The van der Waals surface area contributed by atoms with Crippen LogP contribution in [0.4, 0.5) is 4.39 Å². The Labute approximate surface area is 132 Å². The normalized spacial score (nSPS) is 23.0. The predicted molar refractivity (Wildman–Crippen MR) is 86.8 cm³/mol. The van der Waals surface area contributed by atoms with Crippen molar-refractivity contribution in [1.82, 2.24) is 5.32 Å². The molecule has 1 fully saturated rings. The first kappa shape index (κ1) is 16.9. The van der Waals surface area contributed by atoms with Crippen molar-refractivity contribution >= 4 is 5.91 Å². The number of carbonyl (C=O) groups is 1. The van der Waals surface area contributed by atoms with Gasteiger partial charge in [-0.05, 0) is 55.8 Å². The Morgan fingerprint density at radius 3 is 2.91 bits per heavy atom. The molecule has 1 aromatic carbocycles. The van der Waals surface area contributed by atoms with Gasteiger partial charge in [0.05, 0.1) is 0 Å². The van der Waals surface area contributed by atoms with Crippen LogP contribution in [0.5, 0.6) is 0 Å². The van der Waals surface area contributed by atoms with Crippen molar-refractivity contribution in [3.63, 3.8) is 0 Å². The van der Waals surface area contributed by atoms with Gasteiger partial charge in [0, 0.05) is 12.0 Å². The lowest BCUT2D eigenvalue weighted by atomic mass is 9.84. The van der Waals surface area contributed by atoms with Gasteiger partial charge < -0.3 is 11.1 Å². The Kier molecular flexibility index (Phi) is 6.37. The molecule has 0 saturated heterocycles. The van der Waals surface area contributed by atoms with Gasteiger partial charge in [-0.2, -0.15) is 0 Å². The van der Waals surface area contributed by atoms with Crippen LogP contribution in [-0.2, 0) is 11.2 Å². The lowest BCUT2D eigenvalue weighted by molar-refractivity contribution is -0.126. The topological polar surface area (TPSA) is 55.1 Å². The Balaban J connectivity index is 1.81. The lowest BCUT2D eigenvalue weighted by Gasteiger charge is -2.32. The van der Waals surface area contributed by atoms with E-state index in [0.717, 1.165) is 31.2 Å². The number of rotatable bonds is 6. The van der Waals surface area contributed by atoms with Gasteiger partial charge in [0.2, 0.25) is 5.91 Å². The van der Waals surface area contributed by atoms with Crippen LogP contribution in [0.15, 0.2) is 24.3 Å². The molecule has 2 rings (SSSR count). The van der Waals surface area contributed by atoms with Crippen LogP contribution >= 0.6 is 0 Å². The summed E-state index contributed by atoms with van der Waals surface area (Å²) in [7, 11) is 0. The van der Waals surface area contributed by atoms with E-state index in [2.05, 4.69) is 5.32 Å². The van der Waals surface area contributed by atoms with Crippen molar-refractivity contribution in [1.29, 1.82) is 0 Å². The molecule has 0 spiro atoms.